The van der Waals surface area contributed by atoms with Gasteiger partial charge in [-0.2, -0.15) is 0 Å². The van der Waals surface area contributed by atoms with Crippen LogP contribution in [0.25, 0.3) is 0 Å². The van der Waals surface area contributed by atoms with Crippen molar-refractivity contribution in [2.24, 2.45) is 0 Å². The van der Waals surface area contributed by atoms with Crippen molar-refractivity contribution >= 4 is 5.97 Å². The van der Waals surface area contributed by atoms with Crippen molar-refractivity contribution in [1.29, 1.82) is 0 Å². The van der Waals surface area contributed by atoms with Crippen LogP contribution in [0.15, 0.2) is 0 Å². The maximum atomic E-state index is 11.3. The lowest BCUT2D eigenvalue weighted by atomic mass is 9.96. The number of hydrogen-bond acceptors (Lipinski definition) is 16. The number of hydrogen-bond donors (Lipinski definition) is 11. The largest absolute Gasteiger partial charge is 0.479 e. The van der Waals surface area contributed by atoms with Gasteiger partial charge in [0, 0.05) is 0 Å². The van der Waals surface area contributed by atoms with Crippen molar-refractivity contribution in [3.63, 3.8) is 0 Å². The quantitative estimate of drug-likeness (QED) is 0.149. The Hall–Kier alpha value is -1.13. The van der Waals surface area contributed by atoms with Crippen LogP contribution in [-0.4, -0.2) is 167 Å². The van der Waals surface area contributed by atoms with E-state index in [1.807, 2.05) is 0 Å². The Morgan fingerprint density at radius 2 is 1.09 bits per heavy atom. The van der Waals surface area contributed by atoms with E-state index >= 15 is 0 Å². The van der Waals surface area contributed by atoms with Crippen LogP contribution in [-0.2, 0) is 28.5 Å². The molecule has 3 fully saturated rings. The van der Waals surface area contributed by atoms with Crippen LogP contribution in [0.5, 0.6) is 0 Å². The Morgan fingerprint density at radius 1 is 0.600 bits per heavy atom. The maximum absolute atomic E-state index is 11.3. The first-order valence-corrected chi connectivity index (χ1v) is 10.6. The van der Waals surface area contributed by atoms with Gasteiger partial charge in [0.2, 0.25) is 0 Å². The second-order valence-electron chi connectivity index (χ2n) is 8.37. The van der Waals surface area contributed by atoms with Gasteiger partial charge in [0.1, 0.15) is 67.1 Å². The third-order valence-electron chi connectivity index (χ3n) is 6.06. The molecule has 15 atom stereocenters. The number of carbonyl (C=O) groups is 1. The van der Waals surface area contributed by atoms with Crippen molar-refractivity contribution in [1.82, 2.24) is 0 Å². The third-order valence-corrected chi connectivity index (χ3v) is 6.06. The van der Waals surface area contributed by atoms with Gasteiger partial charge in [0.05, 0.1) is 13.2 Å². The lowest BCUT2D eigenvalue weighted by Crippen LogP contribution is -2.67. The molecule has 3 saturated heterocycles. The Kier molecular flexibility index (Phi) is 9.35. The van der Waals surface area contributed by atoms with Gasteiger partial charge in [-0.3, -0.25) is 0 Å². The predicted octanol–water partition coefficient (Wildman–Crippen LogP) is -7.48. The molecule has 0 aromatic carbocycles. The summed E-state index contributed by atoms with van der Waals surface area (Å²) in [5, 5.41) is 109. The van der Waals surface area contributed by atoms with E-state index in [0.29, 0.717) is 0 Å². The van der Waals surface area contributed by atoms with Gasteiger partial charge >= 0.3 is 5.97 Å². The highest BCUT2D eigenvalue weighted by atomic mass is 16.8. The third kappa shape index (κ3) is 5.59. The van der Waals surface area contributed by atoms with Crippen molar-refractivity contribution in [3.05, 3.63) is 0 Å². The van der Waals surface area contributed by atoms with E-state index in [-0.39, 0.29) is 0 Å². The number of aliphatic hydroxyl groups is 10. The smallest absolute Gasteiger partial charge is 0.335 e. The van der Waals surface area contributed by atoms with Crippen LogP contribution in [0.4, 0.5) is 0 Å². The molecule has 3 aliphatic rings. The topological polar surface area (TPSA) is 286 Å². The van der Waals surface area contributed by atoms with Gasteiger partial charge < -0.3 is 79.9 Å². The minimum atomic E-state index is -2.06. The van der Waals surface area contributed by atoms with Crippen molar-refractivity contribution in [3.8, 4) is 0 Å². The van der Waals surface area contributed by atoms with E-state index in [1.54, 1.807) is 0 Å². The average Bonchev–Trinajstić information content (AvgIpc) is 2.82. The molecular weight excluding hydrogens is 488 g/mol. The van der Waals surface area contributed by atoms with E-state index in [2.05, 4.69) is 0 Å². The highest BCUT2D eigenvalue weighted by Gasteiger charge is 2.54. The van der Waals surface area contributed by atoms with Crippen LogP contribution in [0.1, 0.15) is 0 Å². The van der Waals surface area contributed by atoms with Crippen LogP contribution >= 0.6 is 0 Å². The summed E-state index contributed by atoms with van der Waals surface area (Å²) in [5.41, 5.74) is 0. The molecule has 35 heavy (non-hydrogen) atoms. The summed E-state index contributed by atoms with van der Waals surface area (Å²) in [5.74, 6) is -1.72. The summed E-state index contributed by atoms with van der Waals surface area (Å²) in [4.78, 5) is 11.3. The molecule has 17 nitrogen and oxygen atoms in total. The minimum Gasteiger partial charge on any atom is -0.479 e. The Balaban J connectivity index is 1.85. The first kappa shape index (κ1) is 28.4. The fourth-order valence-corrected chi connectivity index (χ4v) is 4.01. The molecule has 0 aromatic rings. The van der Waals surface area contributed by atoms with Gasteiger partial charge in [-0.25, -0.2) is 4.79 Å². The number of carboxylic acid groups (broad SMARTS) is 1. The number of ether oxygens (including phenoxy) is 5. The zero-order chi connectivity index (χ0) is 26.2. The molecule has 0 unspecified atom stereocenters. The fourth-order valence-electron chi connectivity index (χ4n) is 4.01. The maximum Gasteiger partial charge on any atom is 0.335 e. The number of carboxylic acids is 1. The molecule has 11 N–H and O–H groups in total. The van der Waals surface area contributed by atoms with E-state index in [9.17, 15) is 61.0 Å². The molecule has 0 aromatic heterocycles. The summed E-state index contributed by atoms with van der Waals surface area (Å²) in [6.07, 6.45) is -28.0. The standard InChI is InChI=1S/C18H30O17/c19-1-3-5(21)7(23)10(26)17(32-3)33-12-6(22)4(2-20)31-16(30)14(12)35-18-11(27)8(24)9(25)13(34-18)15(28)29/h3-14,16-27,30H,1-2H2,(H,28,29)/t3-,4-,5+,6-,7+,8+,9+,10-,11-,12+,13+,14+,16+,17-,18+/m1/s1. The monoisotopic (exact) mass is 518 g/mol. The Bertz CT molecular complexity index is 709. The molecule has 0 saturated carbocycles. The van der Waals surface area contributed by atoms with Crippen LogP contribution in [0, 0.1) is 0 Å². The zero-order valence-electron chi connectivity index (χ0n) is 17.9. The molecule has 0 radical (unpaired) electrons. The molecule has 3 heterocycles. The minimum absolute atomic E-state index is 0.804. The summed E-state index contributed by atoms with van der Waals surface area (Å²) in [7, 11) is 0. The summed E-state index contributed by atoms with van der Waals surface area (Å²) in [6, 6.07) is 0. The molecule has 0 amide bonds. The van der Waals surface area contributed by atoms with Crippen LogP contribution in [0.3, 0.4) is 0 Å². The second kappa shape index (κ2) is 11.5. The molecule has 3 aliphatic heterocycles. The molecule has 17 heteroatoms. The Labute approximate surface area is 196 Å². The van der Waals surface area contributed by atoms with Gasteiger partial charge in [-0.1, -0.05) is 0 Å². The predicted molar refractivity (Wildman–Crippen MR) is 102 cm³/mol. The molecule has 0 spiro atoms. The Morgan fingerprint density at radius 3 is 1.63 bits per heavy atom. The zero-order valence-corrected chi connectivity index (χ0v) is 17.9. The van der Waals surface area contributed by atoms with Gasteiger partial charge in [0.25, 0.3) is 0 Å². The summed E-state index contributed by atoms with van der Waals surface area (Å²) >= 11 is 0. The van der Waals surface area contributed by atoms with E-state index in [4.69, 9.17) is 23.7 Å². The summed E-state index contributed by atoms with van der Waals surface area (Å²) in [6.45, 7) is -1.64. The molecule has 0 aliphatic carbocycles. The first-order valence-electron chi connectivity index (χ1n) is 10.6. The second-order valence-corrected chi connectivity index (χ2v) is 8.37. The van der Waals surface area contributed by atoms with Gasteiger partial charge in [0.15, 0.2) is 25.0 Å². The summed E-state index contributed by atoms with van der Waals surface area (Å²) < 4.78 is 26.1. The van der Waals surface area contributed by atoms with E-state index < -0.39 is 111 Å². The molecule has 3 rings (SSSR count). The van der Waals surface area contributed by atoms with Gasteiger partial charge in [-0.15, -0.1) is 0 Å². The van der Waals surface area contributed by atoms with Crippen molar-refractivity contribution < 1.29 is 84.7 Å². The lowest BCUT2D eigenvalue weighted by Gasteiger charge is -2.48. The lowest BCUT2D eigenvalue weighted by molar-refractivity contribution is -0.385. The highest BCUT2D eigenvalue weighted by molar-refractivity contribution is 5.73. The van der Waals surface area contributed by atoms with E-state index in [1.165, 1.54) is 0 Å². The van der Waals surface area contributed by atoms with Crippen molar-refractivity contribution in [2.45, 2.75) is 92.1 Å². The number of aliphatic hydroxyl groups excluding tert-OH is 10. The van der Waals surface area contributed by atoms with Gasteiger partial charge in [-0.05, 0) is 0 Å². The average molecular weight is 518 g/mol. The normalized spacial score (nSPS) is 51.2. The SMILES string of the molecule is O=C(O)[C@H]1O[C@@H](O[C@H]2[C@@H](O[C@H]3O[C@H](CO)[C@H](O)[C@H](O)[C@H]3O)[C@H](O)[C@@H](CO)O[C@@H]2O)[C@H](O)[C@@H](O)[C@@H]1O. The number of rotatable bonds is 7. The molecule has 0 bridgehead atoms. The van der Waals surface area contributed by atoms with Crippen LogP contribution in [0.2, 0.25) is 0 Å². The fraction of sp³-hybridized carbons (Fsp3) is 0.944. The van der Waals surface area contributed by atoms with Crippen molar-refractivity contribution in [2.75, 3.05) is 13.2 Å². The van der Waals surface area contributed by atoms with Crippen LogP contribution < -0.4 is 0 Å². The molecule has 204 valence electrons. The first-order chi connectivity index (χ1) is 16.4. The highest BCUT2D eigenvalue weighted by Crippen LogP contribution is 2.32. The van der Waals surface area contributed by atoms with E-state index in [0.717, 1.165) is 0 Å². The molecular formula is C18H30O17. The number of aliphatic carboxylic acids is 1.